The van der Waals surface area contributed by atoms with E-state index in [0.717, 1.165) is 26.1 Å². The van der Waals surface area contributed by atoms with Crippen LogP contribution in [-0.4, -0.2) is 27.6 Å². The Kier molecular flexibility index (Phi) is 2.55. The highest BCUT2D eigenvalue weighted by atomic mass is 19.1. The number of hydrogen-bond acceptors (Lipinski definition) is 3. The maximum atomic E-state index is 13.8. The topological polar surface area (TPSA) is 42.7 Å². The second kappa shape index (κ2) is 4.07. The molecule has 0 spiro atoms. The maximum absolute atomic E-state index is 13.8. The Morgan fingerprint density at radius 1 is 1.53 bits per heavy atom. The molecule has 90 valence electrons. The molecule has 17 heavy (non-hydrogen) atoms. The van der Waals surface area contributed by atoms with E-state index in [1.165, 1.54) is 6.33 Å². The van der Waals surface area contributed by atoms with E-state index in [-0.39, 0.29) is 5.82 Å². The molecule has 1 unspecified atom stereocenters. The summed E-state index contributed by atoms with van der Waals surface area (Å²) >= 11 is 0. The van der Waals surface area contributed by atoms with Crippen LogP contribution < -0.4 is 5.32 Å². The predicted molar refractivity (Wildman–Crippen MR) is 63.2 cm³/mol. The van der Waals surface area contributed by atoms with Gasteiger partial charge in [-0.1, -0.05) is 0 Å². The minimum absolute atomic E-state index is 0.218. The van der Waals surface area contributed by atoms with Crippen molar-refractivity contribution in [2.24, 2.45) is 5.92 Å². The summed E-state index contributed by atoms with van der Waals surface area (Å²) in [5, 5.41) is 3.87. The van der Waals surface area contributed by atoms with E-state index in [0.29, 0.717) is 22.6 Å². The van der Waals surface area contributed by atoms with E-state index in [9.17, 15) is 4.39 Å². The molecule has 0 bridgehead atoms. The summed E-state index contributed by atoms with van der Waals surface area (Å²) in [7, 11) is 0. The van der Waals surface area contributed by atoms with Crippen LogP contribution in [-0.2, 0) is 6.54 Å². The molecule has 1 atom stereocenters. The number of aromatic nitrogens is 3. The third kappa shape index (κ3) is 1.80. The Morgan fingerprint density at radius 2 is 2.41 bits per heavy atom. The van der Waals surface area contributed by atoms with Crippen LogP contribution in [0, 0.1) is 18.7 Å². The molecular weight excluding hydrogens is 219 g/mol. The van der Waals surface area contributed by atoms with Crippen molar-refractivity contribution in [3.8, 4) is 0 Å². The minimum atomic E-state index is -0.218. The van der Waals surface area contributed by atoms with Gasteiger partial charge in [0.2, 0.25) is 0 Å². The predicted octanol–water partition coefficient (Wildman–Crippen LogP) is 1.49. The van der Waals surface area contributed by atoms with E-state index in [1.807, 2.05) is 11.5 Å². The van der Waals surface area contributed by atoms with Crippen molar-refractivity contribution in [2.75, 3.05) is 13.1 Å². The van der Waals surface area contributed by atoms with Gasteiger partial charge >= 0.3 is 0 Å². The lowest BCUT2D eigenvalue weighted by atomic mass is 10.1. The Balaban J connectivity index is 2.01. The summed E-state index contributed by atoms with van der Waals surface area (Å²) in [6.07, 6.45) is 4.19. The van der Waals surface area contributed by atoms with E-state index >= 15 is 0 Å². The minimum Gasteiger partial charge on any atom is -0.329 e. The van der Waals surface area contributed by atoms with Crippen LogP contribution in [0.5, 0.6) is 0 Å². The van der Waals surface area contributed by atoms with Crippen LogP contribution in [0.25, 0.3) is 11.0 Å². The molecule has 4 nitrogen and oxygen atoms in total. The summed E-state index contributed by atoms with van der Waals surface area (Å²) in [5.41, 5.74) is 1.41. The molecule has 0 amide bonds. The lowest BCUT2D eigenvalue weighted by Crippen LogP contribution is -2.14. The van der Waals surface area contributed by atoms with Crippen LogP contribution >= 0.6 is 0 Å². The first kappa shape index (κ1) is 10.7. The third-order valence-electron chi connectivity index (χ3n) is 3.41. The van der Waals surface area contributed by atoms with Gasteiger partial charge in [0.1, 0.15) is 12.0 Å². The molecule has 1 aliphatic heterocycles. The van der Waals surface area contributed by atoms with Gasteiger partial charge in [0.05, 0.1) is 11.1 Å². The number of halogens is 1. The first-order valence-electron chi connectivity index (χ1n) is 5.92. The molecule has 0 radical (unpaired) electrons. The average Bonchev–Trinajstić information content (AvgIpc) is 2.90. The normalized spacial score (nSPS) is 20.2. The van der Waals surface area contributed by atoms with Gasteiger partial charge < -0.3 is 9.88 Å². The van der Waals surface area contributed by atoms with Crippen LogP contribution in [0.3, 0.4) is 0 Å². The number of nitrogens with zero attached hydrogens (tertiary/aromatic N) is 3. The molecular formula is C12H15FN4. The van der Waals surface area contributed by atoms with Crippen molar-refractivity contribution in [1.82, 2.24) is 19.9 Å². The van der Waals surface area contributed by atoms with Crippen molar-refractivity contribution >= 4 is 11.0 Å². The van der Waals surface area contributed by atoms with E-state index in [2.05, 4.69) is 15.3 Å². The number of aryl methyl sites for hydroxylation is 1. The Hall–Kier alpha value is -1.49. The molecule has 5 heteroatoms. The van der Waals surface area contributed by atoms with Gasteiger partial charge in [-0.2, -0.15) is 0 Å². The van der Waals surface area contributed by atoms with Crippen molar-refractivity contribution in [3.63, 3.8) is 0 Å². The van der Waals surface area contributed by atoms with Crippen LogP contribution in [0.4, 0.5) is 4.39 Å². The summed E-state index contributed by atoms with van der Waals surface area (Å²) in [4.78, 5) is 8.23. The van der Waals surface area contributed by atoms with Gasteiger partial charge in [-0.15, -0.1) is 0 Å². The second-order valence-electron chi connectivity index (χ2n) is 4.65. The van der Waals surface area contributed by atoms with Crippen molar-refractivity contribution in [2.45, 2.75) is 19.9 Å². The maximum Gasteiger partial charge on any atom is 0.152 e. The van der Waals surface area contributed by atoms with Gasteiger partial charge in [0.15, 0.2) is 5.82 Å². The summed E-state index contributed by atoms with van der Waals surface area (Å²) in [5.74, 6) is 0.351. The van der Waals surface area contributed by atoms with Gasteiger partial charge in [0, 0.05) is 12.7 Å². The zero-order chi connectivity index (χ0) is 11.8. The van der Waals surface area contributed by atoms with E-state index in [4.69, 9.17) is 0 Å². The van der Waals surface area contributed by atoms with Crippen LogP contribution in [0.2, 0.25) is 0 Å². The molecule has 0 saturated carbocycles. The molecule has 1 saturated heterocycles. The van der Waals surface area contributed by atoms with E-state index < -0.39 is 0 Å². The fourth-order valence-corrected chi connectivity index (χ4v) is 2.51. The molecule has 2 aromatic heterocycles. The molecule has 0 aromatic carbocycles. The summed E-state index contributed by atoms with van der Waals surface area (Å²) in [6.45, 7) is 4.70. The van der Waals surface area contributed by atoms with Crippen LogP contribution in [0.1, 0.15) is 12.1 Å². The SMILES string of the molecule is Cc1ncnc2c1c(F)cn2CC1CCNC1. The number of rotatable bonds is 2. The lowest BCUT2D eigenvalue weighted by Gasteiger charge is -2.09. The number of fused-ring (bicyclic) bond motifs is 1. The first-order chi connectivity index (χ1) is 8.25. The second-order valence-corrected chi connectivity index (χ2v) is 4.65. The monoisotopic (exact) mass is 234 g/mol. The highest BCUT2D eigenvalue weighted by molar-refractivity contribution is 5.79. The Labute approximate surface area is 98.9 Å². The zero-order valence-electron chi connectivity index (χ0n) is 9.78. The average molecular weight is 234 g/mol. The Morgan fingerprint density at radius 3 is 3.18 bits per heavy atom. The highest BCUT2D eigenvalue weighted by Gasteiger charge is 2.18. The molecule has 1 aliphatic rings. The fourth-order valence-electron chi connectivity index (χ4n) is 2.51. The first-order valence-corrected chi connectivity index (χ1v) is 5.92. The van der Waals surface area contributed by atoms with E-state index in [1.54, 1.807) is 6.20 Å². The molecule has 3 heterocycles. The smallest absolute Gasteiger partial charge is 0.152 e. The molecule has 3 rings (SSSR count). The quantitative estimate of drug-likeness (QED) is 0.856. The largest absolute Gasteiger partial charge is 0.329 e. The molecule has 1 N–H and O–H groups in total. The number of nitrogens with one attached hydrogen (secondary N) is 1. The van der Waals surface area contributed by atoms with Gasteiger partial charge in [-0.05, 0) is 32.4 Å². The fraction of sp³-hybridized carbons (Fsp3) is 0.500. The van der Waals surface area contributed by atoms with Crippen molar-refractivity contribution in [3.05, 3.63) is 24.0 Å². The van der Waals surface area contributed by atoms with Crippen LogP contribution in [0.15, 0.2) is 12.5 Å². The summed E-state index contributed by atoms with van der Waals surface area (Å²) < 4.78 is 15.7. The molecule has 0 aliphatic carbocycles. The van der Waals surface area contributed by atoms with Gasteiger partial charge in [0.25, 0.3) is 0 Å². The van der Waals surface area contributed by atoms with Gasteiger partial charge in [-0.3, -0.25) is 0 Å². The molecule has 2 aromatic rings. The van der Waals surface area contributed by atoms with Crippen molar-refractivity contribution < 1.29 is 4.39 Å². The Bertz CT molecular complexity index is 543. The third-order valence-corrected chi connectivity index (χ3v) is 3.41. The highest BCUT2D eigenvalue weighted by Crippen LogP contribution is 2.22. The summed E-state index contributed by atoms with van der Waals surface area (Å²) in [6, 6.07) is 0. The van der Waals surface area contributed by atoms with Crippen molar-refractivity contribution in [1.29, 1.82) is 0 Å². The number of hydrogen-bond donors (Lipinski definition) is 1. The standard InChI is InChI=1S/C12H15FN4/c1-8-11-10(13)6-17(12(11)16-7-15-8)5-9-2-3-14-4-9/h6-7,9,14H,2-5H2,1H3. The zero-order valence-corrected chi connectivity index (χ0v) is 9.78. The lowest BCUT2D eigenvalue weighted by molar-refractivity contribution is 0.484. The van der Waals surface area contributed by atoms with Gasteiger partial charge in [-0.25, -0.2) is 14.4 Å². The molecule has 1 fully saturated rings.